The molecule has 166 valence electrons. The summed E-state index contributed by atoms with van der Waals surface area (Å²) in [6.07, 6.45) is 3.02. The Morgan fingerprint density at radius 2 is 2.09 bits per heavy atom. The molecule has 4 rings (SSSR count). The minimum Gasteiger partial charge on any atom is -0.492 e. The monoisotopic (exact) mass is 453 g/mol. The van der Waals surface area contributed by atoms with E-state index in [0.29, 0.717) is 29.6 Å². The highest BCUT2D eigenvalue weighted by atomic mass is 32.2. The van der Waals surface area contributed by atoms with Crippen molar-refractivity contribution in [1.82, 2.24) is 19.7 Å². The number of para-hydroxylation sites is 1. The Labute approximate surface area is 186 Å². The maximum atomic E-state index is 12.7. The number of hydrogen-bond acceptors (Lipinski definition) is 8. The van der Waals surface area contributed by atoms with Gasteiger partial charge in [-0.05, 0) is 36.2 Å². The molecule has 3 aromatic rings. The van der Waals surface area contributed by atoms with Gasteiger partial charge < -0.3 is 14.8 Å². The SMILES string of the molecule is CCOC(=O)NS(C)(=O)=Cc1cccc(Nc2ncnc(-c3cccc4c3OCC4)n2)c1. The summed E-state index contributed by atoms with van der Waals surface area (Å²) in [6.45, 7) is 2.53. The third-order valence-electron chi connectivity index (χ3n) is 4.59. The van der Waals surface area contributed by atoms with E-state index in [9.17, 15) is 9.00 Å². The second-order valence-electron chi connectivity index (χ2n) is 7.12. The molecule has 2 aromatic carbocycles. The summed E-state index contributed by atoms with van der Waals surface area (Å²) >= 11 is 0. The van der Waals surface area contributed by atoms with Gasteiger partial charge >= 0.3 is 6.09 Å². The Hall–Kier alpha value is -3.66. The fraction of sp³-hybridized carbons (Fsp3) is 0.227. The van der Waals surface area contributed by atoms with Crippen LogP contribution in [0.15, 0.2) is 48.8 Å². The van der Waals surface area contributed by atoms with Crippen molar-refractivity contribution in [1.29, 1.82) is 0 Å². The van der Waals surface area contributed by atoms with E-state index >= 15 is 0 Å². The molecule has 32 heavy (non-hydrogen) atoms. The zero-order chi connectivity index (χ0) is 22.6. The largest absolute Gasteiger partial charge is 0.492 e. The van der Waals surface area contributed by atoms with Gasteiger partial charge in [-0.1, -0.05) is 24.3 Å². The van der Waals surface area contributed by atoms with E-state index in [4.69, 9.17) is 9.47 Å². The van der Waals surface area contributed by atoms with E-state index in [0.717, 1.165) is 23.3 Å². The van der Waals surface area contributed by atoms with E-state index in [2.05, 4.69) is 25.0 Å². The van der Waals surface area contributed by atoms with E-state index < -0.39 is 15.8 Å². The Kier molecular flexibility index (Phi) is 6.22. The van der Waals surface area contributed by atoms with Gasteiger partial charge in [0.15, 0.2) is 5.82 Å². The number of carbonyl (C=O) groups is 1. The van der Waals surface area contributed by atoms with Crippen LogP contribution in [0.3, 0.4) is 0 Å². The lowest BCUT2D eigenvalue weighted by molar-refractivity contribution is 0.159. The summed E-state index contributed by atoms with van der Waals surface area (Å²) in [4.78, 5) is 24.6. The van der Waals surface area contributed by atoms with Gasteiger partial charge in [-0.25, -0.2) is 23.7 Å². The second-order valence-corrected chi connectivity index (χ2v) is 9.37. The molecule has 1 aliphatic rings. The quantitative estimate of drug-likeness (QED) is 0.548. The highest BCUT2D eigenvalue weighted by molar-refractivity contribution is 7.99. The molecule has 1 amide bonds. The number of benzene rings is 2. The third kappa shape index (κ3) is 5.14. The molecule has 2 N–H and O–H groups in total. The summed E-state index contributed by atoms with van der Waals surface area (Å²) in [6, 6.07) is 13.1. The summed E-state index contributed by atoms with van der Waals surface area (Å²) in [7, 11) is -2.78. The van der Waals surface area contributed by atoms with Crippen LogP contribution in [0.4, 0.5) is 16.4 Å². The number of rotatable bonds is 6. The van der Waals surface area contributed by atoms with Crippen molar-refractivity contribution in [3.05, 3.63) is 59.9 Å². The molecular weight excluding hydrogens is 430 g/mol. The first-order chi connectivity index (χ1) is 15.4. The maximum absolute atomic E-state index is 12.7. The van der Waals surface area contributed by atoms with Crippen LogP contribution < -0.4 is 14.8 Å². The molecule has 1 aliphatic heterocycles. The molecule has 0 fully saturated rings. The summed E-state index contributed by atoms with van der Waals surface area (Å²) in [5.41, 5.74) is 3.31. The highest BCUT2D eigenvalue weighted by Gasteiger charge is 2.19. The zero-order valence-corrected chi connectivity index (χ0v) is 18.5. The lowest BCUT2D eigenvalue weighted by Gasteiger charge is -2.10. The lowest BCUT2D eigenvalue weighted by Crippen LogP contribution is -2.31. The molecule has 1 unspecified atom stereocenters. The normalized spacial score (nSPS) is 13.9. The van der Waals surface area contributed by atoms with E-state index in [1.165, 1.54) is 18.0 Å². The van der Waals surface area contributed by atoms with Gasteiger partial charge in [-0.3, -0.25) is 0 Å². The van der Waals surface area contributed by atoms with E-state index in [1.807, 2.05) is 24.3 Å². The van der Waals surface area contributed by atoms with Crippen LogP contribution in [0.2, 0.25) is 0 Å². The molecule has 0 spiro atoms. The summed E-state index contributed by atoms with van der Waals surface area (Å²) < 4.78 is 25.6. The Morgan fingerprint density at radius 3 is 2.94 bits per heavy atom. The Bertz CT molecular complexity index is 1270. The van der Waals surface area contributed by atoms with Gasteiger partial charge in [0.05, 0.1) is 28.5 Å². The standard InChI is InChI=1S/C22H23N5O4S/c1-3-30-22(28)27-32(2,29)13-15-6-4-8-17(12-15)25-21-24-14-23-20(26-21)18-9-5-7-16-10-11-31-19(16)18/h4-9,12-14H,3,10-11H2,1-2H3,(H,27,28,29)(H,23,24,25,26). The molecule has 0 saturated heterocycles. The molecule has 0 aliphatic carbocycles. The van der Waals surface area contributed by atoms with Crippen LogP contribution in [-0.4, -0.2) is 50.1 Å². The fourth-order valence-electron chi connectivity index (χ4n) is 3.31. The van der Waals surface area contributed by atoms with Gasteiger partial charge in [0.1, 0.15) is 12.1 Å². The van der Waals surface area contributed by atoms with Crippen LogP contribution in [0.1, 0.15) is 18.1 Å². The minimum atomic E-state index is -2.78. The van der Waals surface area contributed by atoms with Crippen molar-refractivity contribution in [3.8, 4) is 17.1 Å². The number of carbonyl (C=O) groups excluding carboxylic acids is 1. The highest BCUT2D eigenvalue weighted by Crippen LogP contribution is 2.35. The lowest BCUT2D eigenvalue weighted by atomic mass is 10.1. The van der Waals surface area contributed by atoms with Crippen LogP contribution in [0, 0.1) is 0 Å². The number of aromatic nitrogens is 3. The molecule has 1 aromatic heterocycles. The van der Waals surface area contributed by atoms with Gasteiger partial charge in [-0.15, -0.1) is 0 Å². The number of anilines is 2. The third-order valence-corrected chi connectivity index (χ3v) is 5.89. The second kappa shape index (κ2) is 9.23. The van der Waals surface area contributed by atoms with Crippen molar-refractivity contribution >= 4 is 32.8 Å². The Balaban J connectivity index is 1.56. The molecule has 1 atom stereocenters. The number of nitrogens with one attached hydrogen (secondary N) is 2. The molecule has 0 bridgehead atoms. The van der Waals surface area contributed by atoms with Crippen molar-refractivity contribution in [3.63, 3.8) is 0 Å². The number of amides is 1. The molecular formula is C22H23N5O4S. The zero-order valence-electron chi connectivity index (χ0n) is 17.7. The van der Waals surface area contributed by atoms with Crippen molar-refractivity contribution < 1.29 is 18.5 Å². The molecule has 0 saturated carbocycles. The first-order valence-electron chi connectivity index (χ1n) is 10.0. The van der Waals surface area contributed by atoms with Crippen LogP contribution in [-0.2, 0) is 20.9 Å². The number of fused-ring (bicyclic) bond motifs is 1. The summed E-state index contributed by atoms with van der Waals surface area (Å²) in [5.74, 6) is 1.69. The van der Waals surface area contributed by atoms with Gasteiger partial charge in [-0.2, -0.15) is 4.98 Å². The average Bonchev–Trinajstić information content (AvgIpc) is 3.22. The van der Waals surface area contributed by atoms with E-state index in [1.54, 1.807) is 25.1 Å². The van der Waals surface area contributed by atoms with Crippen molar-refractivity contribution in [2.45, 2.75) is 13.3 Å². The average molecular weight is 454 g/mol. The topological polar surface area (TPSA) is 115 Å². The van der Waals surface area contributed by atoms with Crippen molar-refractivity contribution in [2.24, 2.45) is 0 Å². The molecule has 9 nitrogen and oxygen atoms in total. The van der Waals surface area contributed by atoms with Crippen LogP contribution in [0.5, 0.6) is 5.75 Å². The smallest absolute Gasteiger partial charge is 0.418 e. The number of ether oxygens (including phenoxy) is 2. The summed E-state index contributed by atoms with van der Waals surface area (Å²) in [5, 5.41) is 4.63. The first-order valence-corrected chi connectivity index (χ1v) is 12.1. The van der Waals surface area contributed by atoms with Gasteiger partial charge in [0, 0.05) is 23.7 Å². The van der Waals surface area contributed by atoms with Crippen LogP contribution >= 0.6 is 0 Å². The predicted octanol–water partition coefficient (Wildman–Crippen LogP) is 2.94. The molecule has 0 radical (unpaired) electrons. The number of hydrogen-bond donors (Lipinski definition) is 2. The fourth-order valence-corrected chi connectivity index (χ4v) is 4.43. The maximum Gasteiger partial charge on any atom is 0.418 e. The number of nitrogens with zero attached hydrogens (tertiary/aromatic N) is 3. The van der Waals surface area contributed by atoms with E-state index in [-0.39, 0.29) is 6.61 Å². The van der Waals surface area contributed by atoms with Crippen molar-refractivity contribution in [2.75, 3.05) is 24.8 Å². The van der Waals surface area contributed by atoms with Gasteiger partial charge in [0.2, 0.25) is 5.95 Å². The minimum absolute atomic E-state index is 0.201. The molecule has 2 heterocycles. The molecule has 10 heteroatoms. The predicted molar refractivity (Wildman–Crippen MR) is 124 cm³/mol. The Morgan fingerprint density at radius 1 is 1.25 bits per heavy atom. The van der Waals surface area contributed by atoms with Gasteiger partial charge in [0.25, 0.3) is 0 Å². The first kappa shape index (κ1) is 21.6. The van der Waals surface area contributed by atoms with Crippen LogP contribution in [0.25, 0.3) is 11.4 Å².